The van der Waals surface area contributed by atoms with Gasteiger partial charge in [-0.2, -0.15) is 0 Å². The molecule has 1 N–H and O–H groups in total. The minimum atomic E-state index is -0.294. The van der Waals surface area contributed by atoms with Gasteiger partial charge in [-0.15, -0.1) is 0 Å². The van der Waals surface area contributed by atoms with Gasteiger partial charge in [-0.25, -0.2) is 0 Å². The van der Waals surface area contributed by atoms with Crippen LogP contribution in [0.3, 0.4) is 0 Å². The second-order valence-corrected chi connectivity index (χ2v) is 6.10. The molecule has 3 nitrogen and oxygen atoms in total. The summed E-state index contributed by atoms with van der Waals surface area (Å²) in [5, 5.41) is 9.53. The van der Waals surface area contributed by atoms with Gasteiger partial charge in [-0.3, -0.25) is 4.79 Å². The highest BCUT2D eigenvalue weighted by Crippen LogP contribution is 2.29. The number of aliphatic hydroxyl groups excluding tert-OH is 1. The van der Waals surface area contributed by atoms with Gasteiger partial charge in [0.15, 0.2) is 0 Å². The molecular weight excluding hydrogens is 226 g/mol. The van der Waals surface area contributed by atoms with Gasteiger partial charge in [0.05, 0.1) is 6.10 Å². The van der Waals surface area contributed by atoms with Crippen LogP contribution >= 0.6 is 0 Å². The van der Waals surface area contributed by atoms with Crippen LogP contribution in [0.1, 0.15) is 64.7 Å². The quantitative estimate of drug-likeness (QED) is 0.786. The molecule has 0 radical (unpaired) electrons. The molecule has 1 heterocycles. The lowest BCUT2D eigenvalue weighted by Gasteiger charge is -2.29. The predicted octanol–water partition coefficient (Wildman–Crippen LogP) is 2.72. The summed E-state index contributed by atoms with van der Waals surface area (Å²) < 4.78 is 0. The average Bonchev–Trinajstić information content (AvgIpc) is 2.63. The van der Waals surface area contributed by atoms with Crippen LogP contribution in [0.4, 0.5) is 0 Å². The first-order valence-electron chi connectivity index (χ1n) is 7.67. The maximum atomic E-state index is 12.6. The topological polar surface area (TPSA) is 40.5 Å². The van der Waals surface area contributed by atoms with Gasteiger partial charge in [0.1, 0.15) is 0 Å². The molecule has 0 bridgehead atoms. The molecule has 2 fully saturated rings. The largest absolute Gasteiger partial charge is 0.393 e. The van der Waals surface area contributed by atoms with Gasteiger partial charge in [0.2, 0.25) is 5.91 Å². The number of hydrogen-bond acceptors (Lipinski definition) is 2. The second-order valence-electron chi connectivity index (χ2n) is 6.10. The SMILES string of the molecule is CC(O)CC1CCCN1C(=O)C1CCCCCC1. The van der Waals surface area contributed by atoms with Crippen LogP contribution in [-0.4, -0.2) is 34.6 Å². The molecule has 2 rings (SSSR count). The monoisotopic (exact) mass is 253 g/mol. The Balaban J connectivity index is 1.93. The zero-order chi connectivity index (χ0) is 13.0. The molecule has 1 aliphatic carbocycles. The number of carbonyl (C=O) groups excluding carboxylic acids is 1. The zero-order valence-corrected chi connectivity index (χ0v) is 11.6. The van der Waals surface area contributed by atoms with Crippen molar-refractivity contribution in [1.82, 2.24) is 4.90 Å². The fourth-order valence-corrected chi connectivity index (χ4v) is 3.53. The van der Waals surface area contributed by atoms with Crippen molar-refractivity contribution >= 4 is 5.91 Å². The Kier molecular flexibility index (Phi) is 5.04. The van der Waals surface area contributed by atoms with E-state index in [1.54, 1.807) is 0 Å². The summed E-state index contributed by atoms with van der Waals surface area (Å²) >= 11 is 0. The van der Waals surface area contributed by atoms with Gasteiger partial charge in [-0.05, 0) is 39.0 Å². The van der Waals surface area contributed by atoms with E-state index < -0.39 is 0 Å². The lowest BCUT2D eigenvalue weighted by Crippen LogP contribution is -2.40. The number of amides is 1. The van der Waals surface area contributed by atoms with Crippen LogP contribution in [0.15, 0.2) is 0 Å². The molecule has 3 heteroatoms. The van der Waals surface area contributed by atoms with Crippen LogP contribution in [0, 0.1) is 5.92 Å². The minimum Gasteiger partial charge on any atom is -0.393 e. The first-order chi connectivity index (χ1) is 8.68. The Bertz CT molecular complexity index is 270. The fraction of sp³-hybridized carbons (Fsp3) is 0.933. The standard InChI is InChI=1S/C15H27NO2/c1-12(17)11-14-9-6-10-16(14)15(18)13-7-4-2-3-5-8-13/h12-14,17H,2-11H2,1H3. The van der Waals surface area contributed by atoms with Crippen molar-refractivity contribution in [2.24, 2.45) is 5.92 Å². The van der Waals surface area contributed by atoms with Crippen molar-refractivity contribution in [2.45, 2.75) is 76.9 Å². The zero-order valence-electron chi connectivity index (χ0n) is 11.6. The van der Waals surface area contributed by atoms with Crippen molar-refractivity contribution in [2.75, 3.05) is 6.54 Å². The lowest BCUT2D eigenvalue weighted by molar-refractivity contribution is -0.137. The van der Waals surface area contributed by atoms with Crippen molar-refractivity contribution in [3.05, 3.63) is 0 Å². The Morgan fingerprint density at radius 1 is 1.17 bits per heavy atom. The highest BCUT2D eigenvalue weighted by molar-refractivity contribution is 5.79. The number of hydrogen-bond donors (Lipinski definition) is 1. The molecule has 1 aliphatic heterocycles. The Labute approximate surface area is 111 Å². The van der Waals surface area contributed by atoms with Gasteiger partial charge < -0.3 is 10.0 Å². The normalized spacial score (nSPS) is 28.1. The van der Waals surface area contributed by atoms with Gasteiger partial charge in [0, 0.05) is 18.5 Å². The van der Waals surface area contributed by atoms with E-state index in [1.807, 2.05) is 6.92 Å². The highest BCUT2D eigenvalue weighted by atomic mass is 16.3. The lowest BCUT2D eigenvalue weighted by atomic mass is 9.97. The van der Waals surface area contributed by atoms with Crippen LogP contribution < -0.4 is 0 Å². The number of carbonyl (C=O) groups is 1. The molecule has 0 aromatic rings. The number of likely N-dealkylation sites (tertiary alicyclic amines) is 1. The predicted molar refractivity (Wildman–Crippen MR) is 72.2 cm³/mol. The van der Waals surface area contributed by atoms with Crippen LogP contribution in [0.2, 0.25) is 0 Å². The molecule has 2 aliphatic rings. The molecule has 2 unspecified atom stereocenters. The third-order valence-electron chi connectivity index (χ3n) is 4.48. The molecule has 2 atom stereocenters. The summed E-state index contributed by atoms with van der Waals surface area (Å²) in [6.45, 7) is 2.74. The Morgan fingerprint density at radius 3 is 2.44 bits per heavy atom. The maximum Gasteiger partial charge on any atom is 0.225 e. The van der Waals surface area contributed by atoms with E-state index in [2.05, 4.69) is 4.90 Å². The summed E-state index contributed by atoms with van der Waals surface area (Å²) in [5.41, 5.74) is 0. The minimum absolute atomic E-state index is 0.266. The summed E-state index contributed by atoms with van der Waals surface area (Å²) in [6, 6.07) is 0.292. The Morgan fingerprint density at radius 2 is 1.83 bits per heavy atom. The molecule has 1 saturated carbocycles. The highest BCUT2D eigenvalue weighted by Gasteiger charge is 2.33. The van der Waals surface area contributed by atoms with E-state index in [4.69, 9.17) is 0 Å². The van der Waals surface area contributed by atoms with E-state index in [-0.39, 0.29) is 12.0 Å². The molecule has 0 aromatic carbocycles. The van der Waals surface area contributed by atoms with Crippen molar-refractivity contribution < 1.29 is 9.90 Å². The summed E-state index contributed by atoms with van der Waals surface area (Å²) in [5.74, 6) is 0.641. The van der Waals surface area contributed by atoms with Crippen LogP contribution in [0.5, 0.6) is 0 Å². The van der Waals surface area contributed by atoms with E-state index in [0.29, 0.717) is 11.9 Å². The van der Waals surface area contributed by atoms with E-state index in [0.717, 1.165) is 38.6 Å². The van der Waals surface area contributed by atoms with E-state index in [1.165, 1.54) is 25.7 Å². The Hall–Kier alpha value is -0.570. The van der Waals surface area contributed by atoms with Crippen LogP contribution in [0.25, 0.3) is 0 Å². The molecule has 1 amide bonds. The second kappa shape index (κ2) is 6.55. The third kappa shape index (κ3) is 3.47. The summed E-state index contributed by atoms with van der Waals surface area (Å²) in [7, 11) is 0. The van der Waals surface area contributed by atoms with Gasteiger partial charge in [-0.1, -0.05) is 25.7 Å². The first kappa shape index (κ1) is 13.9. The third-order valence-corrected chi connectivity index (χ3v) is 4.48. The summed E-state index contributed by atoms with van der Waals surface area (Å²) in [4.78, 5) is 14.7. The van der Waals surface area contributed by atoms with E-state index >= 15 is 0 Å². The van der Waals surface area contributed by atoms with Crippen molar-refractivity contribution in [3.63, 3.8) is 0 Å². The molecule has 104 valence electrons. The summed E-state index contributed by atoms with van der Waals surface area (Å²) in [6.07, 6.45) is 9.81. The van der Waals surface area contributed by atoms with E-state index in [9.17, 15) is 9.90 Å². The number of aliphatic hydroxyl groups is 1. The number of rotatable bonds is 3. The average molecular weight is 253 g/mol. The molecule has 1 saturated heterocycles. The van der Waals surface area contributed by atoms with Crippen LogP contribution in [-0.2, 0) is 4.79 Å². The maximum absolute atomic E-state index is 12.6. The van der Waals surface area contributed by atoms with Gasteiger partial charge in [0.25, 0.3) is 0 Å². The molecule has 0 aromatic heterocycles. The van der Waals surface area contributed by atoms with Crippen molar-refractivity contribution in [1.29, 1.82) is 0 Å². The smallest absolute Gasteiger partial charge is 0.225 e. The van der Waals surface area contributed by atoms with Crippen molar-refractivity contribution in [3.8, 4) is 0 Å². The number of nitrogens with zero attached hydrogens (tertiary/aromatic N) is 1. The molecular formula is C15H27NO2. The molecule has 0 spiro atoms. The first-order valence-corrected chi connectivity index (χ1v) is 7.67. The van der Waals surface area contributed by atoms with Gasteiger partial charge >= 0.3 is 0 Å². The molecule has 18 heavy (non-hydrogen) atoms. The fourth-order valence-electron chi connectivity index (χ4n) is 3.53.